The van der Waals surface area contributed by atoms with E-state index in [1.54, 1.807) is 6.92 Å². The van der Waals surface area contributed by atoms with Crippen LogP contribution in [0.1, 0.15) is 6.92 Å². The monoisotopic (exact) mass is 621 g/mol. The molecule has 1 amide bonds. The molecule has 16 heteroatoms. The van der Waals surface area contributed by atoms with Crippen molar-refractivity contribution in [3.05, 3.63) is 78.3 Å². The van der Waals surface area contributed by atoms with Crippen molar-refractivity contribution >= 4 is 27.6 Å². The molecule has 0 unspecified atom stereocenters. The van der Waals surface area contributed by atoms with Gasteiger partial charge < -0.3 is 20.1 Å². The number of amides is 1. The third-order valence-electron chi connectivity index (χ3n) is 6.10. The number of anilines is 1. The quantitative estimate of drug-likeness (QED) is 0.148. The minimum atomic E-state index is -5.16. The number of sulfone groups is 1. The first kappa shape index (κ1) is 31.0. The number of rotatable bonds is 10. The number of halogens is 4. The van der Waals surface area contributed by atoms with Gasteiger partial charge in [-0.15, -0.1) is 0 Å². The normalized spacial score (nSPS) is 11.3. The van der Waals surface area contributed by atoms with Gasteiger partial charge in [-0.2, -0.15) is 5.10 Å². The maximum atomic E-state index is 16.2. The van der Waals surface area contributed by atoms with Crippen LogP contribution in [0.3, 0.4) is 0 Å². The molecule has 0 aliphatic carbocycles. The summed E-state index contributed by atoms with van der Waals surface area (Å²) in [6.45, 7) is 0.432. The molecule has 0 bridgehead atoms. The number of carbonyl (C=O) groups excluding carboxylic acids is 1. The number of hydrogen-bond acceptors (Lipinski definition) is 8. The summed E-state index contributed by atoms with van der Waals surface area (Å²) in [5.41, 5.74) is -1.32. The van der Waals surface area contributed by atoms with Crippen molar-refractivity contribution in [1.29, 1.82) is 0 Å². The number of aliphatic carboxylic acids is 1. The van der Waals surface area contributed by atoms with Crippen LogP contribution in [-0.2, 0) is 25.9 Å². The summed E-state index contributed by atoms with van der Waals surface area (Å²) in [5.74, 6) is -6.83. The zero-order chi connectivity index (χ0) is 31.5. The lowest BCUT2D eigenvalue weighted by atomic mass is 10.0. The fraction of sp³-hybridized carbons (Fsp3) is 0.185. The molecule has 0 saturated carbocycles. The van der Waals surface area contributed by atoms with Crippen molar-refractivity contribution in [3.63, 3.8) is 0 Å². The van der Waals surface area contributed by atoms with Gasteiger partial charge in [-0.05, 0) is 48.9 Å². The van der Waals surface area contributed by atoms with Gasteiger partial charge in [0.1, 0.15) is 33.7 Å². The van der Waals surface area contributed by atoms with E-state index in [-0.39, 0.29) is 17.8 Å². The number of likely N-dealkylation sites (N-methyl/N-ethyl adjacent to an activating group) is 1. The van der Waals surface area contributed by atoms with Crippen molar-refractivity contribution in [2.75, 3.05) is 25.6 Å². The molecule has 0 atom stereocenters. The van der Waals surface area contributed by atoms with E-state index in [1.165, 1.54) is 35.4 Å². The van der Waals surface area contributed by atoms with Crippen molar-refractivity contribution in [2.45, 2.75) is 23.3 Å². The van der Waals surface area contributed by atoms with E-state index in [0.29, 0.717) is 34.7 Å². The van der Waals surface area contributed by atoms with E-state index in [2.05, 4.69) is 15.4 Å². The summed E-state index contributed by atoms with van der Waals surface area (Å²) in [7, 11) is -4.04. The molecular weight excluding hydrogens is 598 g/mol. The van der Waals surface area contributed by atoms with Crippen LogP contribution in [0.4, 0.5) is 28.0 Å². The van der Waals surface area contributed by atoms with Gasteiger partial charge in [0, 0.05) is 37.7 Å². The molecule has 2 N–H and O–H groups in total. The predicted octanol–water partition coefficient (Wildman–Crippen LogP) is 4.54. The van der Waals surface area contributed by atoms with Crippen LogP contribution >= 0.6 is 0 Å². The van der Waals surface area contributed by atoms with Crippen molar-refractivity contribution in [2.24, 2.45) is 0 Å². The number of nitrogens with zero attached hydrogens (tertiary/aromatic N) is 4. The van der Waals surface area contributed by atoms with Gasteiger partial charge in [-0.1, -0.05) is 0 Å². The molecule has 2 heterocycles. The molecule has 2 aromatic carbocycles. The number of benzene rings is 2. The van der Waals surface area contributed by atoms with Crippen LogP contribution in [-0.4, -0.2) is 65.6 Å². The topological polar surface area (TPSA) is 144 Å². The second kappa shape index (κ2) is 12.5. The predicted molar refractivity (Wildman–Crippen MR) is 144 cm³/mol. The Bertz CT molecular complexity index is 1800. The number of carbonyl (C=O) groups is 2. The zero-order valence-electron chi connectivity index (χ0n) is 22.5. The van der Waals surface area contributed by atoms with E-state index in [4.69, 9.17) is 9.84 Å². The van der Waals surface area contributed by atoms with Gasteiger partial charge in [0.05, 0.1) is 11.3 Å². The Morgan fingerprint density at radius 3 is 2.40 bits per heavy atom. The number of aromatic nitrogens is 3. The molecule has 4 aromatic rings. The number of carboxylic acid groups (broad SMARTS) is 1. The summed E-state index contributed by atoms with van der Waals surface area (Å²) in [4.78, 5) is 25.1. The Kier molecular flexibility index (Phi) is 8.99. The number of ether oxygens (including phenoxy) is 1. The summed E-state index contributed by atoms with van der Waals surface area (Å²) in [6.07, 6.45) is 3.19. The standard InChI is InChI=1S/C27H23F4N5O6S/c1-3-36-12-17(15-6-8-32-9-7-15)26(34-36)23-24(30)19(33-14-42-27(39)35(2)13-22(37)38)11-21(25(23)31)43(40,41)20-10-16(28)4-5-18(20)29/h4-12,33H,3,13-14H2,1-2H3,(H,37,38). The number of nitrogens with one attached hydrogen (secondary N) is 1. The Labute approximate surface area is 242 Å². The highest BCUT2D eigenvalue weighted by Gasteiger charge is 2.33. The summed E-state index contributed by atoms with van der Waals surface area (Å²) in [5, 5.41) is 15.4. The van der Waals surface area contributed by atoms with Gasteiger partial charge in [-0.3, -0.25) is 14.5 Å². The molecule has 0 spiro atoms. The van der Waals surface area contributed by atoms with E-state index in [9.17, 15) is 26.8 Å². The third kappa shape index (κ3) is 6.43. The summed E-state index contributed by atoms with van der Waals surface area (Å²) >= 11 is 0. The lowest BCUT2D eigenvalue weighted by Crippen LogP contribution is -2.33. The Hall–Kier alpha value is -4.99. The molecule has 226 valence electrons. The second-order valence-corrected chi connectivity index (χ2v) is 10.9. The number of pyridine rings is 1. The number of carboxylic acids is 1. The maximum absolute atomic E-state index is 16.2. The van der Waals surface area contributed by atoms with E-state index >= 15 is 8.78 Å². The Balaban J connectivity index is 1.90. The average molecular weight is 622 g/mol. The first-order valence-corrected chi connectivity index (χ1v) is 13.9. The molecular formula is C27H23F4N5O6S. The van der Waals surface area contributed by atoms with Gasteiger partial charge >= 0.3 is 12.1 Å². The fourth-order valence-electron chi connectivity index (χ4n) is 4.01. The molecule has 4 rings (SSSR count). The first-order chi connectivity index (χ1) is 20.3. The van der Waals surface area contributed by atoms with Crippen LogP contribution < -0.4 is 5.32 Å². The largest absolute Gasteiger partial charge is 0.480 e. The average Bonchev–Trinajstić information content (AvgIpc) is 3.39. The minimum Gasteiger partial charge on any atom is -0.480 e. The molecule has 11 nitrogen and oxygen atoms in total. The van der Waals surface area contributed by atoms with E-state index in [0.717, 1.165) is 7.05 Å². The van der Waals surface area contributed by atoms with E-state index < -0.39 is 79.5 Å². The molecule has 2 aromatic heterocycles. The highest BCUT2D eigenvalue weighted by molar-refractivity contribution is 7.91. The first-order valence-electron chi connectivity index (χ1n) is 12.4. The van der Waals surface area contributed by atoms with E-state index in [1.807, 2.05) is 0 Å². The van der Waals surface area contributed by atoms with Crippen LogP contribution in [0.25, 0.3) is 22.4 Å². The van der Waals surface area contributed by atoms with Crippen molar-refractivity contribution in [3.8, 4) is 22.4 Å². The van der Waals surface area contributed by atoms with Gasteiger partial charge in [0.2, 0.25) is 9.84 Å². The number of hydrogen-bond donors (Lipinski definition) is 2. The van der Waals surface area contributed by atoms with Crippen molar-refractivity contribution in [1.82, 2.24) is 19.7 Å². The zero-order valence-corrected chi connectivity index (χ0v) is 23.3. The van der Waals surface area contributed by atoms with Gasteiger partial charge in [0.25, 0.3) is 0 Å². The molecule has 0 aliphatic rings. The fourth-order valence-corrected chi connectivity index (χ4v) is 5.45. The van der Waals surface area contributed by atoms with Crippen molar-refractivity contribution < 1.29 is 45.4 Å². The highest BCUT2D eigenvalue weighted by atomic mass is 32.2. The molecule has 0 fully saturated rings. The Morgan fingerprint density at radius 2 is 1.74 bits per heavy atom. The van der Waals surface area contributed by atoms with Crippen LogP contribution in [0.5, 0.6) is 0 Å². The minimum absolute atomic E-state index is 0.196. The molecule has 0 saturated heterocycles. The second-order valence-electron chi connectivity index (χ2n) is 8.97. The lowest BCUT2D eigenvalue weighted by Gasteiger charge is -2.18. The van der Waals surface area contributed by atoms with Crippen LogP contribution in [0.2, 0.25) is 0 Å². The molecule has 0 aliphatic heterocycles. The highest BCUT2D eigenvalue weighted by Crippen LogP contribution is 2.40. The summed E-state index contributed by atoms with van der Waals surface area (Å²) < 4.78 is 94.0. The SMILES string of the molecule is CCn1cc(-c2ccncc2)c(-c2c(F)c(NCOC(=O)N(C)CC(=O)O)cc(S(=O)(=O)c3cc(F)ccc3F)c2F)n1. The third-order valence-corrected chi connectivity index (χ3v) is 7.86. The Morgan fingerprint density at radius 1 is 1.05 bits per heavy atom. The van der Waals surface area contributed by atoms with Crippen LogP contribution in [0, 0.1) is 23.3 Å². The van der Waals surface area contributed by atoms with Gasteiger partial charge in [0.15, 0.2) is 18.4 Å². The number of aryl methyl sites for hydroxylation is 1. The maximum Gasteiger partial charge on any atom is 0.411 e. The molecule has 43 heavy (non-hydrogen) atoms. The van der Waals surface area contributed by atoms with Gasteiger partial charge in [-0.25, -0.2) is 30.8 Å². The smallest absolute Gasteiger partial charge is 0.411 e. The summed E-state index contributed by atoms with van der Waals surface area (Å²) in [6, 6.07) is 5.14. The lowest BCUT2D eigenvalue weighted by molar-refractivity contribution is -0.137. The van der Waals surface area contributed by atoms with Crippen LogP contribution in [0.15, 0.2) is 64.8 Å². The molecule has 0 radical (unpaired) electrons.